The Hall–Kier alpha value is -3.35. The van der Waals surface area contributed by atoms with Crippen LogP contribution in [0.15, 0.2) is 48.5 Å². The van der Waals surface area contributed by atoms with Crippen LogP contribution in [0.4, 0.5) is 11.4 Å². The maximum Gasteiger partial charge on any atom is 0.253 e. The predicted molar refractivity (Wildman–Crippen MR) is 122 cm³/mol. The van der Waals surface area contributed by atoms with E-state index >= 15 is 0 Å². The van der Waals surface area contributed by atoms with E-state index in [1.807, 2.05) is 24.0 Å². The van der Waals surface area contributed by atoms with Crippen molar-refractivity contribution < 1.29 is 14.4 Å². The van der Waals surface area contributed by atoms with Crippen molar-refractivity contribution in [3.63, 3.8) is 0 Å². The number of amides is 3. The van der Waals surface area contributed by atoms with Gasteiger partial charge in [-0.3, -0.25) is 14.4 Å². The Kier molecular flexibility index (Phi) is 8.04. The summed E-state index contributed by atoms with van der Waals surface area (Å²) in [6, 6.07) is 14.0. The van der Waals surface area contributed by atoms with Crippen LogP contribution in [0.5, 0.6) is 0 Å². The molecule has 0 unspecified atom stereocenters. The molecule has 1 aliphatic rings. The summed E-state index contributed by atoms with van der Waals surface area (Å²) in [5.74, 6) is -0.299. The van der Waals surface area contributed by atoms with Crippen LogP contribution in [0.1, 0.15) is 53.3 Å². The van der Waals surface area contributed by atoms with Crippen molar-refractivity contribution in [2.75, 3.05) is 36.8 Å². The van der Waals surface area contributed by atoms with E-state index < -0.39 is 0 Å². The summed E-state index contributed by atoms with van der Waals surface area (Å²) in [4.78, 5) is 38.8. The minimum absolute atomic E-state index is 0.0378. The zero-order valence-electron chi connectivity index (χ0n) is 17.9. The van der Waals surface area contributed by atoms with Crippen LogP contribution in [0.2, 0.25) is 0 Å². The van der Waals surface area contributed by atoms with Gasteiger partial charge in [-0.15, -0.1) is 0 Å². The molecule has 0 aromatic heterocycles. The second-order valence-corrected chi connectivity index (χ2v) is 7.67. The highest BCUT2D eigenvalue weighted by atomic mass is 16.2. The van der Waals surface area contributed by atoms with Crippen LogP contribution in [-0.4, -0.2) is 48.8 Å². The molecule has 0 atom stereocenters. The summed E-state index contributed by atoms with van der Waals surface area (Å²) >= 11 is 0. The van der Waals surface area contributed by atoms with Gasteiger partial charge < -0.3 is 20.9 Å². The summed E-state index contributed by atoms with van der Waals surface area (Å²) < 4.78 is 0. The van der Waals surface area contributed by atoms with E-state index in [0.29, 0.717) is 23.4 Å². The minimum Gasteiger partial charge on any atom is -0.376 e. The second kappa shape index (κ2) is 11.2. The normalized spacial score (nSPS) is 13.4. The van der Waals surface area contributed by atoms with Crippen molar-refractivity contribution in [3.05, 3.63) is 59.7 Å². The third-order valence-corrected chi connectivity index (χ3v) is 5.17. The minimum atomic E-state index is -0.212. The van der Waals surface area contributed by atoms with Crippen molar-refractivity contribution in [1.82, 2.24) is 10.2 Å². The summed E-state index contributed by atoms with van der Waals surface area (Å²) in [5.41, 5.74) is 2.53. The number of hydrogen-bond donors (Lipinski definition) is 3. The molecule has 7 heteroatoms. The van der Waals surface area contributed by atoms with Crippen molar-refractivity contribution in [2.24, 2.45) is 0 Å². The number of carbonyl (C=O) groups excluding carboxylic acids is 3. The van der Waals surface area contributed by atoms with Crippen molar-refractivity contribution >= 4 is 29.1 Å². The molecule has 3 N–H and O–H groups in total. The number of hydrogen-bond acceptors (Lipinski definition) is 4. The molecule has 7 nitrogen and oxygen atoms in total. The number of benzene rings is 2. The molecule has 2 aromatic rings. The number of likely N-dealkylation sites (tertiary alicyclic amines) is 1. The molecular weight excluding hydrogens is 392 g/mol. The Morgan fingerprint density at radius 1 is 0.903 bits per heavy atom. The lowest BCUT2D eigenvalue weighted by atomic mass is 10.1. The Morgan fingerprint density at radius 2 is 1.65 bits per heavy atom. The Bertz CT molecular complexity index is 905. The monoisotopic (exact) mass is 422 g/mol. The molecule has 3 rings (SSSR count). The maximum absolute atomic E-state index is 12.7. The zero-order valence-corrected chi connectivity index (χ0v) is 17.9. The first-order valence-corrected chi connectivity index (χ1v) is 10.9. The quantitative estimate of drug-likeness (QED) is 0.607. The molecule has 0 radical (unpaired) electrons. The number of rotatable bonds is 8. The highest BCUT2D eigenvalue weighted by molar-refractivity contribution is 5.97. The molecule has 1 saturated heterocycles. The van der Waals surface area contributed by atoms with E-state index in [9.17, 15) is 14.4 Å². The first-order chi connectivity index (χ1) is 15.1. The second-order valence-electron chi connectivity index (χ2n) is 7.67. The Labute approximate surface area is 183 Å². The fourth-order valence-corrected chi connectivity index (χ4v) is 3.47. The van der Waals surface area contributed by atoms with Crippen LogP contribution in [0, 0.1) is 0 Å². The average molecular weight is 423 g/mol. The predicted octanol–water partition coefficient (Wildman–Crippen LogP) is 3.50. The van der Waals surface area contributed by atoms with Crippen molar-refractivity contribution in [3.8, 4) is 0 Å². The highest BCUT2D eigenvalue weighted by Crippen LogP contribution is 2.16. The lowest BCUT2D eigenvalue weighted by Crippen LogP contribution is -2.35. The van der Waals surface area contributed by atoms with Gasteiger partial charge >= 0.3 is 0 Å². The molecule has 164 valence electrons. The molecule has 1 heterocycles. The van der Waals surface area contributed by atoms with Gasteiger partial charge in [-0.05, 0) is 68.1 Å². The van der Waals surface area contributed by atoms with Gasteiger partial charge in [-0.2, -0.15) is 0 Å². The molecular formula is C24H30N4O3. The van der Waals surface area contributed by atoms with Gasteiger partial charge in [0.25, 0.3) is 11.8 Å². The number of nitrogens with one attached hydrogen (secondary N) is 3. The summed E-state index contributed by atoms with van der Waals surface area (Å²) in [7, 11) is 0. The number of piperidine rings is 1. The molecule has 3 amide bonds. The van der Waals surface area contributed by atoms with E-state index in [-0.39, 0.29) is 24.3 Å². The zero-order chi connectivity index (χ0) is 22.1. The van der Waals surface area contributed by atoms with Gasteiger partial charge in [-0.1, -0.05) is 13.0 Å². The number of anilines is 2. The molecule has 1 aliphatic heterocycles. The van der Waals surface area contributed by atoms with Crippen LogP contribution in [-0.2, 0) is 4.79 Å². The smallest absolute Gasteiger partial charge is 0.253 e. The van der Waals surface area contributed by atoms with Crippen LogP contribution in [0.25, 0.3) is 0 Å². The van der Waals surface area contributed by atoms with Gasteiger partial charge in [0.2, 0.25) is 5.91 Å². The van der Waals surface area contributed by atoms with Gasteiger partial charge in [-0.25, -0.2) is 0 Å². The molecule has 0 bridgehead atoms. The molecule has 31 heavy (non-hydrogen) atoms. The Morgan fingerprint density at radius 3 is 2.35 bits per heavy atom. The van der Waals surface area contributed by atoms with Gasteiger partial charge in [0.05, 0.1) is 6.54 Å². The van der Waals surface area contributed by atoms with E-state index in [4.69, 9.17) is 0 Å². The van der Waals surface area contributed by atoms with E-state index in [1.165, 1.54) is 6.42 Å². The van der Waals surface area contributed by atoms with E-state index in [2.05, 4.69) is 16.0 Å². The SMILES string of the molecule is CCCNC(=O)c1ccc(NC(=O)CNc2cccc(C(=O)N3CCCCC3)c2)cc1. The van der Waals surface area contributed by atoms with Gasteiger partial charge in [0.1, 0.15) is 0 Å². The molecule has 0 spiro atoms. The molecule has 0 aliphatic carbocycles. The average Bonchev–Trinajstić information content (AvgIpc) is 2.82. The standard InChI is InChI=1S/C24H30N4O3/c1-2-13-25-23(30)18-9-11-20(12-10-18)27-22(29)17-26-21-8-6-7-19(16-21)24(31)28-14-4-3-5-15-28/h6-12,16,26H,2-5,13-15,17H2,1H3,(H,25,30)(H,27,29). The fourth-order valence-electron chi connectivity index (χ4n) is 3.47. The molecule has 1 fully saturated rings. The van der Waals surface area contributed by atoms with Crippen molar-refractivity contribution in [1.29, 1.82) is 0 Å². The van der Waals surface area contributed by atoms with Crippen LogP contribution >= 0.6 is 0 Å². The fraction of sp³-hybridized carbons (Fsp3) is 0.375. The summed E-state index contributed by atoms with van der Waals surface area (Å²) in [6.45, 7) is 4.31. The van der Waals surface area contributed by atoms with Crippen LogP contribution < -0.4 is 16.0 Å². The maximum atomic E-state index is 12.7. The summed E-state index contributed by atoms with van der Waals surface area (Å²) in [5, 5.41) is 8.69. The van der Waals surface area contributed by atoms with Crippen LogP contribution in [0.3, 0.4) is 0 Å². The highest BCUT2D eigenvalue weighted by Gasteiger charge is 2.18. The van der Waals surface area contributed by atoms with Gasteiger partial charge in [0.15, 0.2) is 0 Å². The van der Waals surface area contributed by atoms with Crippen molar-refractivity contribution in [2.45, 2.75) is 32.6 Å². The summed E-state index contributed by atoms with van der Waals surface area (Å²) in [6.07, 6.45) is 4.15. The number of nitrogens with zero attached hydrogens (tertiary/aromatic N) is 1. The lowest BCUT2D eigenvalue weighted by molar-refractivity contribution is -0.114. The van der Waals surface area contributed by atoms with E-state index in [0.717, 1.165) is 38.0 Å². The topological polar surface area (TPSA) is 90.5 Å². The lowest BCUT2D eigenvalue weighted by Gasteiger charge is -2.26. The largest absolute Gasteiger partial charge is 0.376 e. The first-order valence-electron chi connectivity index (χ1n) is 10.9. The third kappa shape index (κ3) is 6.57. The Balaban J connectivity index is 1.50. The molecule has 0 saturated carbocycles. The van der Waals surface area contributed by atoms with E-state index in [1.54, 1.807) is 36.4 Å². The number of carbonyl (C=O) groups is 3. The molecule has 2 aromatic carbocycles. The van der Waals surface area contributed by atoms with Gasteiger partial charge in [0, 0.05) is 42.1 Å². The third-order valence-electron chi connectivity index (χ3n) is 5.17. The first kappa shape index (κ1) is 22.3.